The molecular weight excluding hydrogens is 365 g/mol. The third-order valence-corrected chi connectivity index (χ3v) is 2.67. The Balaban J connectivity index is 0.00000361. The molecule has 0 spiro atoms. The largest absolute Gasteiger partial charge is 0.379 e. The maximum absolute atomic E-state index is 5.82. The summed E-state index contributed by atoms with van der Waals surface area (Å²) >= 11 is 0. The van der Waals surface area contributed by atoms with Gasteiger partial charge >= 0.3 is 0 Å². The summed E-state index contributed by atoms with van der Waals surface area (Å²) in [7, 11) is 0. The van der Waals surface area contributed by atoms with Crippen molar-refractivity contribution in [2.75, 3.05) is 18.5 Å². The van der Waals surface area contributed by atoms with Gasteiger partial charge in [-0.15, -0.1) is 24.0 Å². The van der Waals surface area contributed by atoms with E-state index in [-0.39, 0.29) is 30.1 Å². The molecule has 0 aliphatic carbocycles. The summed E-state index contributed by atoms with van der Waals surface area (Å²) in [6.07, 6.45) is 2.20. The Labute approximate surface area is 139 Å². The van der Waals surface area contributed by atoms with E-state index < -0.39 is 0 Å². The molecule has 0 aromatic heterocycles. The van der Waals surface area contributed by atoms with E-state index in [0.29, 0.717) is 12.5 Å². The van der Waals surface area contributed by atoms with E-state index in [4.69, 9.17) is 10.5 Å². The highest BCUT2D eigenvalue weighted by Gasteiger charge is 1.96. The van der Waals surface area contributed by atoms with E-state index in [1.54, 1.807) is 0 Å². The Morgan fingerprint density at radius 3 is 2.50 bits per heavy atom. The minimum atomic E-state index is 0. The quantitative estimate of drug-likeness (QED) is 0.324. The molecule has 0 saturated heterocycles. The Kier molecular flexibility index (Phi) is 10.5. The van der Waals surface area contributed by atoms with Gasteiger partial charge in [-0.1, -0.05) is 19.1 Å². The lowest BCUT2D eigenvalue weighted by atomic mass is 10.1. The van der Waals surface area contributed by atoms with Gasteiger partial charge in [-0.3, -0.25) is 4.99 Å². The number of guanidine groups is 1. The number of hydrogen-bond acceptors (Lipinski definition) is 2. The van der Waals surface area contributed by atoms with Crippen LogP contribution in [0.1, 0.15) is 32.8 Å². The molecule has 0 aliphatic rings. The van der Waals surface area contributed by atoms with Crippen molar-refractivity contribution < 1.29 is 4.74 Å². The van der Waals surface area contributed by atoms with Crippen molar-refractivity contribution in [1.82, 2.24) is 0 Å². The second-order valence-electron chi connectivity index (χ2n) is 4.72. The van der Waals surface area contributed by atoms with Crippen LogP contribution in [0.25, 0.3) is 0 Å². The number of anilines is 1. The maximum Gasteiger partial charge on any atom is 0.193 e. The van der Waals surface area contributed by atoms with Crippen LogP contribution >= 0.6 is 24.0 Å². The Morgan fingerprint density at radius 2 is 1.95 bits per heavy atom. The second kappa shape index (κ2) is 10.9. The predicted octanol–water partition coefficient (Wildman–Crippen LogP) is 3.41. The van der Waals surface area contributed by atoms with Gasteiger partial charge in [-0.25, -0.2) is 0 Å². The number of nitrogens with two attached hydrogens (primary N) is 1. The minimum Gasteiger partial charge on any atom is -0.379 e. The van der Waals surface area contributed by atoms with Gasteiger partial charge < -0.3 is 15.8 Å². The van der Waals surface area contributed by atoms with Gasteiger partial charge in [0, 0.05) is 18.8 Å². The highest BCUT2D eigenvalue weighted by Crippen LogP contribution is 2.09. The number of aryl methyl sites for hydroxylation is 1. The summed E-state index contributed by atoms with van der Waals surface area (Å²) in [6.45, 7) is 7.59. The van der Waals surface area contributed by atoms with Crippen LogP contribution in [0.3, 0.4) is 0 Å². The molecule has 3 N–H and O–H groups in total. The molecule has 4 nitrogen and oxygen atoms in total. The van der Waals surface area contributed by atoms with Crippen molar-refractivity contribution in [2.24, 2.45) is 10.7 Å². The molecule has 0 amide bonds. The van der Waals surface area contributed by atoms with Crippen molar-refractivity contribution in [1.29, 1.82) is 0 Å². The standard InChI is InChI=1S/C15H25N3O.HI/c1-4-13-6-8-14(9-7-13)18-15(16)17-10-5-11-19-12(2)3;/h6-9,12H,4-5,10-11H2,1-3H3,(H3,16,17,18);1H. The minimum absolute atomic E-state index is 0. The van der Waals surface area contributed by atoms with Crippen LogP contribution in [-0.2, 0) is 11.2 Å². The van der Waals surface area contributed by atoms with Crippen molar-refractivity contribution in [2.45, 2.75) is 39.7 Å². The van der Waals surface area contributed by atoms with Crippen molar-refractivity contribution in [3.63, 3.8) is 0 Å². The van der Waals surface area contributed by atoms with Crippen molar-refractivity contribution in [3.05, 3.63) is 29.8 Å². The second-order valence-corrected chi connectivity index (χ2v) is 4.72. The number of ether oxygens (including phenoxy) is 1. The van der Waals surface area contributed by atoms with Crippen LogP contribution in [0.2, 0.25) is 0 Å². The smallest absolute Gasteiger partial charge is 0.193 e. The van der Waals surface area contributed by atoms with Gasteiger partial charge in [0.2, 0.25) is 0 Å². The number of benzene rings is 1. The van der Waals surface area contributed by atoms with E-state index in [1.807, 2.05) is 26.0 Å². The summed E-state index contributed by atoms with van der Waals surface area (Å²) in [5.41, 5.74) is 8.10. The van der Waals surface area contributed by atoms with Crippen molar-refractivity contribution >= 4 is 35.6 Å². The van der Waals surface area contributed by atoms with Gasteiger partial charge in [0.15, 0.2) is 5.96 Å². The molecule has 20 heavy (non-hydrogen) atoms. The maximum atomic E-state index is 5.82. The first-order valence-electron chi connectivity index (χ1n) is 6.89. The predicted molar refractivity (Wildman–Crippen MR) is 97.1 cm³/mol. The average molecular weight is 391 g/mol. The van der Waals surface area contributed by atoms with Crippen LogP contribution < -0.4 is 11.1 Å². The summed E-state index contributed by atoms with van der Waals surface area (Å²) in [5, 5.41) is 3.08. The normalized spacial score (nSPS) is 11.3. The van der Waals surface area contributed by atoms with Gasteiger partial charge in [-0.05, 0) is 44.4 Å². The molecule has 0 radical (unpaired) electrons. The van der Waals surface area contributed by atoms with Crippen molar-refractivity contribution in [3.8, 4) is 0 Å². The Bertz CT molecular complexity index is 391. The number of nitrogens with one attached hydrogen (secondary N) is 1. The highest BCUT2D eigenvalue weighted by atomic mass is 127. The molecule has 0 aliphatic heterocycles. The number of nitrogens with zero attached hydrogens (tertiary/aromatic N) is 1. The first kappa shape index (κ1) is 19.2. The fraction of sp³-hybridized carbons (Fsp3) is 0.533. The average Bonchev–Trinajstić information content (AvgIpc) is 2.39. The zero-order valence-electron chi connectivity index (χ0n) is 12.6. The molecule has 0 fully saturated rings. The number of halogens is 1. The van der Waals surface area contributed by atoms with Crippen LogP contribution in [-0.4, -0.2) is 25.2 Å². The Morgan fingerprint density at radius 1 is 1.30 bits per heavy atom. The van der Waals surface area contributed by atoms with Gasteiger partial charge in [0.1, 0.15) is 0 Å². The summed E-state index contributed by atoms with van der Waals surface area (Å²) in [5.74, 6) is 0.453. The zero-order chi connectivity index (χ0) is 14.1. The van der Waals surface area contributed by atoms with E-state index in [2.05, 4.69) is 29.4 Å². The van der Waals surface area contributed by atoms with Gasteiger partial charge in [-0.2, -0.15) is 0 Å². The van der Waals surface area contributed by atoms with Crippen LogP contribution in [0.15, 0.2) is 29.3 Å². The SMILES string of the molecule is CCc1ccc(NC(N)=NCCCOC(C)C)cc1.I. The first-order valence-corrected chi connectivity index (χ1v) is 6.89. The molecule has 1 aromatic rings. The molecular formula is C15H26IN3O. The fourth-order valence-corrected chi connectivity index (χ4v) is 1.59. The molecule has 5 heteroatoms. The van der Waals surface area contributed by atoms with E-state index >= 15 is 0 Å². The first-order chi connectivity index (χ1) is 9.11. The molecule has 0 bridgehead atoms. The molecule has 0 atom stereocenters. The molecule has 0 heterocycles. The fourth-order valence-electron chi connectivity index (χ4n) is 1.59. The molecule has 0 unspecified atom stereocenters. The summed E-state index contributed by atoms with van der Waals surface area (Å²) in [4.78, 5) is 4.26. The molecule has 0 saturated carbocycles. The van der Waals surface area contributed by atoms with Crippen LogP contribution in [0.5, 0.6) is 0 Å². The summed E-state index contributed by atoms with van der Waals surface area (Å²) in [6, 6.07) is 8.21. The van der Waals surface area contributed by atoms with Crippen LogP contribution in [0, 0.1) is 0 Å². The third-order valence-electron chi connectivity index (χ3n) is 2.67. The monoisotopic (exact) mass is 391 g/mol. The topological polar surface area (TPSA) is 59.6 Å². The Hall–Kier alpha value is -0.820. The lowest BCUT2D eigenvalue weighted by molar-refractivity contribution is 0.0783. The lowest BCUT2D eigenvalue weighted by Gasteiger charge is -2.07. The van der Waals surface area contributed by atoms with Crippen LogP contribution in [0.4, 0.5) is 5.69 Å². The van der Waals surface area contributed by atoms with E-state index in [1.165, 1.54) is 5.56 Å². The zero-order valence-corrected chi connectivity index (χ0v) is 14.9. The highest BCUT2D eigenvalue weighted by molar-refractivity contribution is 14.0. The summed E-state index contributed by atoms with van der Waals surface area (Å²) < 4.78 is 5.44. The third kappa shape index (κ3) is 8.37. The number of aliphatic imine (C=N–C) groups is 1. The van der Waals surface area contributed by atoms with Gasteiger partial charge in [0.05, 0.1) is 6.10 Å². The van der Waals surface area contributed by atoms with E-state index in [9.17, 15) is 0 Å². The lowest BCUT2D eigenvalue weighted by Crippen LogP contribution is -2.23. The molecule has 1 rings (SSSR count). The number of rotatable bonds is 7. The molecule has 1 aromatic carbocycles. The van der Waals surface area contributed by atoms with E-state index in [0.717, 1.165) is 25.1 Å². The molecule has 114 valence electrons. The van der Waals surface area contributed by atoms with Gasteiger partial charge in [0.25, 0.3) is 0 Å². The number of hydrogen-bond donors (Lipinski definition) is 2.